The molecule has 1 aromatic rings. The summed E-state index contributed by atoms with van der Waals surface area (Å²) >= 11 is 3.32. The Morgan fingerprint density at radius 3 is 2.93 bits per heavy atom. The van der Waals surface area contributed by atoms with Crippen LogP contribution >= 0.6 is 15.9 Å². The predicted molar refractivity (Wildman–Crippen MR) is 59.3 cm³/mol. The third-order valence-corrected chi connectivity index (χ3v) is 2.34. The summed E-state index contributed by atoms with van der Waals surface area (Å²) in [6.45, 7) is 0.584. The normalized spacial score (nSPS) is 19.9. The van der Waals surface area contributed by atoms with Crippen LogP contribution in [0.25, 0.3) is 0 Å². The van der Waals surface area contributed by atoms with E-state index in [1.807, 2.05) is 36.4 Å². The van der Waals surface area contributed by atoms with Gasteiger partial charge in [-0.15, -0.1) is 0 Å². The van der Waals surface area contributed by atoms with Crippen LogP contribution in [-0.4, -0.2) is 18.0 Å². The van der Waals surface area contributed by atoms with Crippen LogP contribution in [-0.2, 0) is 0 Å². The van der Waals surface area contributed by atoms with Crippen molar-refractivity contribution in [2.24, 2.45) is 0 Å². The lowest BCUT2D eigenvalue weighted by atomic mass is 10.2. The van der Waals surface area contributed by atoms with Crippen molar-refractivity contribution in [2.75, 3.05) is 11.9 Å². The molecule has 1 heterocycles. The van der Waals surface area contributed by atoms with Gasteiger partial charge in [-0.1, -0.05) is 34.1 Å². The van der Waals surface area contributed by atoms with E-state index in [1.54, 1.807) is 0 Å². The first kappa shape index (κ1) is 9.59. The molecule has 0 aliphatic carbocycles. The molecule has 0 saturated carbocycles. The maximum Gasteiger partial charge on any atom is 0.162 e. The molecule has 74 valence electrons. The molecule has 0 fully saturated rings. The van der Waals surface area contributed by atoms with Crippen molar-refractivity contribution >= 4 is 15.9 Å². The summed E-state index contributed by atoms with van der Waals surface area (Å²) in [5, 5.41) is 0.842. The number of hydrogen-bond donors (Lipinski definition) is 0. The van der Waals surface area contributed by atoms with Gasteiger partial charge in [-0.3, -0.25) is 0 Å². The molecule has 0 N–H and O–H groups in total. The quantitative estimate of drug-likeness (QED) is 0.597. The molecule has 1 aromatic carbocycles. The lowest BCUT2D eigenvalue weighted by molar-refractivity contribution is 0.123. The van der Waals surface area contributed by atoms with Crippen LogP contribution in [0.3, 0.4) is 0 Å². The van der Waals surface area contributed by atoms with Crippen LogP contribution in [0.5, 0.6) is 11.5 Å². The van der Waals surface area contributed by atoms with E-state index in [2.05, 4.69) is 15.9 Å². The minimum atomic E-state index is 0.0300. The van der Waals surface area contributed by atoms with Crippen molar-refractivity contribution in [2.45, 2.75) is 6.10 Å². The van der Waals surface area contributed by atoms with Gasteiger partial charge in [-0.25, -0.2) is 0 Å². The molecule has 2 nitrogen and oxygen atoms in total. The number of alkyl halides is 1. The molecule has 0 aromatic heterocycles. The molecule has 2 rings (SSSR count). The molecule has 0 spiro atoms. The minimum Gasteiger partial charge on any atom is -0.485 e. The number of allylic oxidation sites excluding steroid dienone is 1. The second kappa shape index (κ2) is 4.51. The van der Waals surface area contributed by atoms with E-state index in [-0.39, 0.29) is 6.10 Å². The Balaban J connectivity index is 2.09. The van der Waals surface area contributed by atoms with E-state index in [0.29, 0.717) is 6.61 Å². The van der Waals surface area contributed by atoms with E-state index >= 15 is 0 Å². The van der Waals surface area contributed by atoms with E-state index in [0.717, 1.165) is 16.8 Å². The first-order valence-corrected chi connectivity index (χ1v) is 5.63. The molecular formula is C11H11BrO2. The fraction of sp³-hybridized carbons (Fsp3) is 0.273. The summed E-state index contributed by atoms with van der Waals surface area (Å²) in [7, 11) is 0. The van der Waals surface area contributed by atoms with E-state index in [4.69, 9.17) is 9.47 Å². The van der Waals surface area contributed by atoms with Crippen LogP contribution in [0, 0.1) is 0 Å². The summed E-state index contributed by atoms with van der Waals surface area (Å²) in [6.07, 6.45) is 4.05. The van der Waals surface area contributed by atoms with Gasteiger partial charge in [-0.2, -0.15) is 0 Å². The van der Waals surface area contributed by atoms with Crippen molar-refractivity contribution < 1.29 is 9.47 Å². The highest BCUT2D eigenvalue weighted by molar-refractivity contribution is 9.09. The highest BCUT2D eigenvalue weighted by Gasteiger charge is 2.17. The number of hydrogen-bond acceptors (Lipinski definition) is 2. The fourth-order valence-corrected chi connectivity index (χ4v) is 1.55. The largest absolute Gasteiger partial charge is 0.485 e. The fourth-order valence-electron chi connectivity index (χ4n) is 1.33. The van der Waals surface area contributed by atoms with Gasteiger partial charge in [0.05, 0.1) is 0 Å². The first-order valence-electron chi connectivity index (χ1n) is 4.51. The number of fused-ring (bicyclic) bond motifs is 1. The highest BCUT2D eigenvalue weighted by Crippen LogP contribution is 2.30. The van der Waals surface area contributed by atoms with Crippen LogP contribution < -0.4 is 9.47 Å². The van der Waals surface area contributed by atoms with Crippen molar-refractivity contribution in [1.29, 1.82) is 0 Å². The number of para-hydroxylation sites is 2. The molecule has 0 amide bonds. The standard InChI is InChI=1S/C11H11BrO2/c12-7-3-4-9-8-13-10-5-1-2-6-11(10)14-9/h1-6,9H,7-8H2. The average Bonchev–Trinajstić information content (AvgIpc) is 2.26. The predicted octanol–water partition coefficient (Wildman–Crippen LogP) is 2.78. The maximum absolute atomic E-state index is 5.70. The molecule has 1 atom stereocenters. The number of benzene rings is 1. The molecule has 1 aliphatic heterocycles. The second-order valence-corrected chi connectivity index (χ2v) is 3.64. The maximum atomic E-state index is 5.70. The minimum absolute atomic E-state index is 0.0300. The molecule has 14 heavy (non-hydrogen) atoms. The number of rotatable bonds is 2. The average molecular weight is 255 g/mol. The Morgan fingerprint density at radius 2 is 2.14 bits per heavy atom. The van der Waals surface area contributed by atoms with Gasteiger partial charge in [0.15, 0.2) is 17.6 Å². The third kappa shape index (κ3) is 2.10. The zero-order valence-electron chi connectivity index (χ0n) is 7.65. The van der Waals surface area contributed by atoms with Crippen molar-refractivity contribution in [3.63, 3.8) is 0 Å². The molecule has 1 unspecified atom stereocenters. The lowest BCUT2D eigenvalue weighted by Crippen LogP contribution is -2.26. The van der Waals surface area contributed by atoms with Crippen LogP contribution in [0.1, 0.15) is 0 Å². The van der Waals surface area contributed by atoms with Gasteiger partial charge >= 0.3 is 0 Å². The number of ether oxygens (including phenoxy) is 2. The van der Waals surface area contributed by atoms with Gasteiger partial charge in [-0.05, 0) is 18.2 Å². The highest BCUT2D eigenvalue weighted by atomic mass is 79.9. The summed E-state index contributed by atoms with van der Waals surface area (Å²) in [4.78, 5) is 0. The molecule has 0 bridgehead atoms. The van der Waals surface area contributed by atoms with Gasteiger partial charge < -0.3 is 9.47 Å². The van der Waals surface area contributed by atoms with E-state index < -0.39 is 0 Å². The van der Waals surface area contributed by atoms with Crippen molar-refractivity contribution in [3.8, 4) is 11.5 Å². The van der Waals surface area contributed by atoms with Gasteiger partial charge in [0, 0.05) is 5.33 Å². The van der Waals surface area contributed by atoms with E-state index in [9.17, 15) is 0 Å². The van der Waals surface area contributed by atoms with Gasteiger partial charge in [0.1, 0.15) is 6.61 Å². The smallest absolute Gasteiger partial charge is 0.162 e. The summed E-state index contributed by atoms with van der Waals surface area (Å²) in [5.74, 6) is 1.65. The monoisotopic (exact) mass is 254 g/mol. The zero-order valence-corrected chi connectivity index (χ0v) is 9.24. The molecule has 0 saturated heterocycles. The lowest BCUT2D eigenvalue weighted by Gasteiger charge is -2.24. The topological polar surface area (TPSA) is 18.5 Å². The Hall–Kier alpha value is -0.960. The summed E-state index contributed by atoms with van der Waals surface area (Å²) in [6, 6.07) is 7.72. The van der Waals surface area contributed by atoms with Crippen LogP contribution in [0.15, 0.2) is 36.4 Å². The Labute approximate surface area is 91.7 Å². The Bertz CT molecular complexity index is 336. The SMILES string of the molecule is BrCC=CC1COc2ccccc2O1. The second-order valence-electron chi connectivity index (χ2n) is 3.00. The van der Waals surface area contributed by atoms with Gasteiger partial charge in [0.2, 0.25) is 0 Å². The zero-order chi connectivity index (χ0) is 9.80. The first-order chi connectivity index (χ1) is 6.90. The third-order valence-electron chi connectivity index (χ3n) is 1.97. The summed E-state index contributed by atoms with van der Waals surface area (Å²) in [5.41, 5.74) is 0. The summed E-state index contributed by atoms with van der Waals surface area (Å²) < 4.78 is 11.2. The van der Waals surface area contributed by atoms with Crippen molar-refractivity contribution in [1.82, 2.24) is 0 Å². The van der Waals surface area contributed by atoms with Gasteiger partial charge in [0.25, 0.3) is 0 Å². The van der Waals surface area contributed by atoms with Crippen molar-refractivity contribution in [3.05, 3.63) is 36.4 Å². The number of halogens is 1. The van der Waals surface area contributed by atoms with Crippen LogP contribution in [0.2, 0.25) is 0 Å². The Morgan fingerprint density at radius 1 is 1.36 bits per heavy atom. The van der Waals surface area contributed by atoms with Crippen LogP contribution in [0.4, 0.5) is 0 Å². The van der Waals surface area contributed by atoms with E-state index in [1.165, 1.54) is 0 Å². The molecular weight excluding hydrogens is 244 g/mol. The molecule has 1 aliphatic rings. The molecule has 3 heteroatoms. The molecule has 0 radical (unpaired) electrons. The Kier molecular flexibility index (Phi) is 3.09.